The molecule has 0 aliphatic carbocycles. The summed E-state index contributed by atoms with van der Waals surface area (Å²) in [5.41, 5.74) is 0. The van der Waals surface area contributed by atoms with Crippen LogP contribution < -0.4 is 5.32 Å². The van der Waals surface area contributed by atoms with Gasteiger partial charge in [-0.15, -0.1) is 0 Å². The van der Waals surface area contributed by atoms with Gasteiger partial charge in [-0.1, -0.05) is 6.92 Å². The van der Waals surface area contributed by atoms with Gasteiger partial charge in [0, 0.05) is 27.4 Å². The van der Waals surface area contributed by atoms with Crippen LogP contribution in [0.2, 0.25) is 0 Å². The Morgan fingerprint density at radius 1 is 1.07 bits per heavy atom. The van der Waals surface area contributed by atoms with E-state index in [0.29, 0.717) is 5.92 Å². The Hall–Kier alpha value is -0.120. The van der Waals surface area contributed by atoms with Crippen LogP contribution in [-0.2, 0) is 9.47 Å². The lowest BCUT2D eigenvalue weighted by atomic mass is 10.2. The molecule has 0 rings (SSSR count). The van der Waals surface area contributed by atoms with Crippen molar-refractivity contribution >= 4 is 0 Å². The first-order chi connectivity index (χ1) is 6.81. The molecule has 0 radical (unpaired) electrons. The summed E-state index contributed by atoms with van der Waals surface area (Å²) in [6, 6.07) is 0. The lowest BCUT2D eigenvalue weighted by molar-refractivity contribution is 0.158. The molecule has 0 fully saturated rings. The monoisotopic (exact) mass is 203 g/mol. The lowest BCUT2D eigenvalue weighted by Gasteiger charge is -2.11. The van der Waals surface area contributed by atoms with Crippen LogP contribution in [-0.4, -0.2) is 40.5 Å². The van der Waals surface area contributed by atoms with Crippen molar-refractivity contribution in [2.45, 2.75) is 26.2 Å². The van der Waals surface area contributed by atoms with Crippen LogP contribution in [0.5, 0.6) is 0 Å². The van der Waals surface area contributed by atoms with Crippen molar-refractivity contribution < 1.29 is 9.47 Å². The van der Waals surface area contributed by atoms with Gasteiger partial charge in [-0.3, -0.25) is 0 Å². The highest BCUT2D eigenvalue weighted by molar-refractivity contribution is 4.55. The highest BCUT2D eigenvalue weighted by Crippen LogP contribution is 1.95. The molecule has 0 amide bonds. The predicted octanol–water partition coefficient (Wildman–Crippen LogP) is 1.68. The number of ether oxygens (including phenoxy) is 2. The third-order valence-electron chi connectivity index (χ3n) is 2.15. The molecule has 3 nitrogen and oxygen atoms in total. The molecule has 0 bridgehead atoms. The zero-order valence-corrected chi connectivity index (χ0v) is 9.84. The van der Waals surface area contributed by atoms with Crippen molar-refractivity contribution in [2.75, 3.05) is 40.5 Å². The molecule has 86 valence electrons. The van der Waals surface area contributed by atoms with Gasteiger partial charge in [0.15, 0.2) is 0 Å². The van der Waals surface area contributed by atoms with E-state index in [1.165, 1.54) is 19.3 Å². The topological polar surface area (TPSA) is 30.5 Å². The average molecular weight is 203 g/mol. The van der Waals surface area contributed by atoms with Crippen LogP contribution in [0.3, 0.4) is 0 Å². The quantitative estimate of drug-likeness (QED) is 0.548. The van der Waals surface area contributed by atoms with Gasteiger partial charge in [0.05, 0.1) is 0 Å². The fourth-order valence-electron chi connectivity index (χ4n) is 1.37. The Balaban J connectivity index is 2.98. The molecular weight excluding hydrogens is 178 g/mol. The number of hydrogen-bond donors (Lipinski definition) is 1. The maximum atomic E-state index is 5.06. The van der Waals surface area contributed by atoms with Crippen LogP contribution in [0.15, 0.2) is 0 Å². The SMILES string of the molecule is COCCCCCNCC(C)COC. The van der Waals surface area contributed by atoms with Gasteiger partial charge in [-0.25, -0.2) is 0 Å². The third kappa shape index (κ3) is 9.96. The normalized spacial score (nSPS) is 13.1. The minimum absolute atomic E-state index is 0.610. The fraction of sp³-hybridized carbons (Fsp3) is 1.00. The molecular formula is C11H25NO2. The highest BCUT2D eigenvalue weighted by Gasteiger charge is 1.99. The summed E-state index contributed by atoms with van der Waals surface area (Å²) >= 11 is 0. The molecule has 0 aliphatic heterocycles. The van der Waals surface area contributed by atoms with Gasteiger partial charge in [-0.2, -0.15) is 0 Å². The Morgan fingerprint density at radius 2 is 1.86 bits per heavy atom. The van der Waals surface area contributed by atoms with E-state index in [9.17, 15) is 0 Å². The van der Waals surface area contributed by atoms with Gasteiger partial charge < -0.3 is 14.8 Å². The lowest BCUT2D eigenvalue weighted by Crippen LogP contribution is -2.24. The summed E-state index contributed by atoms with van der Waals surface area (Å²) in [7, 11) is 3.51. The molecule has 0 aromatic carbocycles. The van der Waals surface area contributed by atoms with Crippen molar-refractivity contribution in [2.24, 2.45) is 5.92 Å². The Bertz CT molecular complexity index is 109. The van der Waals surface area contributed by atoms with Crippen LogP contribution >= 0.6 is 0 Å². The van der Waals surface area contributed by atoms with Crippen molar-refractivity contribution in [1.29, 1.82) is 0 Å². The van der Waals surface area contributed by atoms with E-state index in [-0.39, 0.29) is 0 Å². The molecule has 3 heteroatoms. The van der Waals surface area contributed by atoms with Gasteiger partial charge in [-0.05, 0) is 38.3 Å². The first-order valence-electron chi connectivity index (χ1n) is 5.49. The second-order valence-electron chi connectivity index (χ2n) is 3.82. The van der Waals surface area contributed by atoms with Gasteiger partial charge in [0.1, 0.15) is 0 Å². The fourth-order valence-corrected chi connectivity index (χ4v) is 1.37. The molecule has 0 saturated carbocycles. The first kappa shape index (κ1) is 13.9. The maximum Gasteiger partial charge on any atom is 0.0499 e. The van der Waals surface area contributed by atoms with Crippen molar-refractivity contribution in [3.63, 3.8) is 0 Å². The number of nitrogens with one attached hydrogen (secondary N) is 1. The molecule has 14 heavy (non-hydrogen) atoms. The maximum absolute atomic E-state index is 5.06. The van der Waals surface area contributed by atoms with Crippen molar-refractivity contribution in [3.05, 3.63) is 0 Å². The van der Waals surface area contributed by atoms with Gasteiger partial charge >= 0.3 is 0 Å². The highest BCUT2D eigenvalue weighted by atomic mass is 16.5. The third-order valence-corrected chi connectivity index (χ3v) is 2.15. The summed E-state index contributed by atoms with van der Waals surface area (Å²) < 4.78 is 10.0. The minimum atomic E-state index is 0.610. The summed E-state index contributed by atoms with van der Waals surface area (Å²) in [6.07, 6.45) is 3.66. The molecule has 1 N–H and O–H groups in total. The van der Waals surface area contributed by atoms with Crippen LogP contribution in [0.25, 0.3) is 0 Å². The van der Waals surface area contributed by atoms with Crippen LogP contribution in [0, 0.1) is 5.92 Å². The van der Waals surface area contributed by atoms with Crippen molar-refractivity contribution in [3.8, 4) is 0 Å². The molecule has 1 atom stereocenters. The number of hydrogen-bond acceptors (Lipinski definition) is 3. The second-order valence-corrected chi connectivity index (χ2v) is 3.82. The summed E-state index contributed by atoms with van der Waals surface area (Å²) in [4.78, 5) is 0. The first-order valence-corrected chi connectivity index (χ1v) is 5.49. The van der Waals surface area contributed by atoms with E-state index in [4.69, 9.17) is 9.47 Å². The van der Waals surface area contributed by atoms with E-state index in [1.54, 1.807) is 14.2 Å². The standard InChI is InChI=1S/C11H25NO2/c1-11(10-14-3)9-12-7-5-4-6-8-13-2/h11-12H,4-10H2,1-3H3. The zero-order valence-electron chi connectivity index (χ0n) is 9.84. The van der Waals surface area contributed by atoms with E-state index >= 15 is 0 Å². The van der Waals surface area contributed by atoms with E-state index in [0.717, 1.165) is 26.3 Å². The molecule has 0 spiro atoms. The van der Waals surface area contributed by atoms with E-state index < -0.39 is 0 Å². The minimum Gasteiger partial charge on any atom is -0.385 e. The van der Waals surface area contributed by atoms with Crippen LogP contribution in [0.1, 0.15) is 26.2 Å². The van der Waals surface area contributed by atoms with Gasteiger partial charge in [0.25, 0.3) is 0 Å². The zero-order chi connectivity index (χ0) is 10.6. The Morgan fingerprint density at radius 3 is 2.50 bits per heavy atom. The number of methoxy groups -OCH3 is 2. The average Bonchev–Trinajstić information content (AvgIpc) is 2.17. The summed E-state index contributed by atoms with van der Waals surface area (Å²) in [6.45, 7) is 6.09. The molecule has 0 aromatic rings. The Labute approximate surface area is 88.2 Å². The smallest absolute Gasteiger partial charge is 0.0499 e. The van der Waals surface area contributed by atoms with Crippen LogP contribution in [0.4, 0.5) is 0 Å². The van der Waals surface area contributed by atoms with E-state index in [1.807, 2.05) is 0 Å². The molecule has 1 unspecified atom stereocenters. The number of unbranched alkanes of at least 4 members (excludes halogenated alkanes) is 2. The Kier molecular flexibility index (Phi) is 10.9. The van der Waals surface area contributed by atoms with Crippen molar-refractivity contribution in [1.82, 2.24) is 5.32 Å². The molecule has 0 heterocycles. The molecule has 0 aromatic heterocycles. The predicted molar refractivity (Wildman–Crippen MR) is 59.6 cm³/mol. The number of rotatable bonds is 10. The molecule has 0 saturated heterocycles. The van der Waals surface area contributed by atoms with E-state index in [2.05, 4.69) is 12.2 Å². The van der Waals surface area contributed by atoms with Gasteiger partial charge in [0.2, 0.25) is 0 Å². The largest absolute Gasteiger partial charge is 0.385 e. The second kappa shape index (κ2) is 11.0. The summed E-state index contributed by atoms with van der Waals surface area (Å²) in [5.74, 6) is 0.610. The summed E-state index contributed by atoms with van der Waals surface area (Å²) in [5, 5.41) is 3.43. The molecule has 0 aliphatic rings.